The van der Waals surface area contributed by atoms with Gasteiger partial charge in [-0.05, 0) is 33.0 Å². The summed E-state index contributed by atoms with van der Waals surface area (Å²) in [6.07, 6.45) is 2.20. The highest BCUT2D eigenvalue weighted by atomic mass is 16.4. The SMILES string of the molecule is Cc1nnc(C2(C)CCN(C)CC2)o1. The quantitative estimate of drug-likeness (QED) is 0.678. The van der Waals surface area contributed by atoms with Crippen molar-refractivity contribution in [1.82, 2.24) is 15.1 Å². The third-order valence-electron chi connectivity index (χ3n) is 3.13. The fraction of sp³-hybridized carbons (Fsp3) is 0.800. The molecule has 1 aliphatic heterocycles. The Hall–Kier alpha value is -0.900. The van der Waals surface area contributed by atoms with Gasteiger partial charge >= 0.3 is 0 Å². The Bertz CT molecular complexity index is 313. The van der Waals surface area contributed by atoms with Crippen LogP contribution in [0, 0.1) is 6.92 Å². The minimum Gasteiger partial charge on any atom is -0.425 e. The van der Waals surface area contributed by atoms with Crippen LogP contribution in [-0.2, 0) is 5.41 Å². The van der Waals surface area contributed by atoms with Crippen molar-refractivity contribution in [3.63, 3.8) is 0 Å². The van der Waals surface area contributed by atoms with E-state index in [4.69, 9.17) is 4.42 Å². The first-order valence-electron chi connectivity index (χ1n) is 5.09. The molecular weight excluding hydrogens is 178 g/mol. The van der Waals surface area contributed by atoms with Crippen LogP contribution < -0.4 is 0 Å². The molecule has 2 heterocycles. The number of likely N-dealkylation sites (tertiary alicyclic amines) is 1. The van der Waals surface area contributed by atoms with Crippen molar-refractivity contribution in [2.45, 2.75) is 32.1 Å². The number of hydrogen-bond acceptors (Lipinski definition) is 4. The lowest BCUT2D eigenvalue weighted by Gasteiger charge is -2.34. The monoisotopic (exact) mass is 195 g/mol. The summed E-state index contributed by atoms with van der Waals surface area (Å²) >= 11 is 0. The molecule has 0 N–H and O–H groups in total. The minimum absolute atomic E-state index is 0.0910. The first kappa shape index (κ1) is 9.65. The molecule has 78 valence electrons. The van der Waals surface area contributed by atoms with Gasteiger partial charge in [0.25, 0.3) is 0 Å². The molecule has 1 saturated heterocycles. The number of aromatic nitrogens is 2. The van der Waals surface area contributed by atoms with Gasteiger partial charge < -0.3 is 9.32 Å². The van der Waals surface area contributed by atoms with Gasteiger partial charge in [-0.25, -0.2) is 0 Å². The maximum Gasteiger partial charge on any atom is 0.222 e. The normalized spacial score (nSPS) is 22.5. The summed E-state index contributed by atoms with van der Waals surface area (Å²) in [7, 11) is 2.15. The summed E-state index contributed by atoms with van der Waals surface area (Å²) < 4.78 is 5.52. The van der Waals surface area contributed by atoms with Gasteiger partial charge in [-0.2, -0.15) is 0 Å². The molecule has 14 heavy (non-hydrogen) atoms. The fourth-order valence-electron chi connectivity index (χ4n) is 1.87. The topological polar surface area (TPSA) is 42.2 Å². The molecular formula is C10H17N3O. The van der Waals surface area contributed by atoms with Gasteiger partial charge in [-0.3, -0.25) is 0 Å². The van der Waals surface area contributed by atoms with Crippen molar-refractivity contribution in [3.8, 4) is 0 Å². The molecule has 1 aromatic rings. The number of rotatable bonds is 1. The Morgan fingerprint density at radius 3 is 2.43 bits per heavy atom. The van der Waals surface area contributed by atoms with Crippen molar-refractivity contribution in [3.05, 3.63) is 11.8 Å². The van der Waals surface area contributed by atoms with Crippen LogP contribution in [0.2, 0.25) is 0 Å². The zero-order valence-corrected chi connectivity index (χ0v) is 9.08. The van der Waals surface area contributed by atoms with Gasteiger partial charge in [0.15, 0.2) is 0 Å². The van der Waals surface area contributed by atoms with Crippen LogP contribution in [0.4, 0.5) is 0 Å². The minimum atomic E-state index is 0.0910. The summed E-state index contributed by atoms with van der Waals surface area (Å²) in [6, 6.07) is 0. The third kappa shape index (κ3) is 1.66. The highest BCUT2D eigenvalue weighted by molar-refractivity contribution is 5.03. The Kier molecular flexibility index (Phi) is 2.31. The van der Waals surface area contributed by atoms with Gasteiger partial charge in [0, 0.05) is 12.3 Å². The Morgan fingerprint density at radius 2 is 1.93 bits per heavy atom. The first-order valence-corrected chi connectivity index (χ1v) is 5.09. The van der Waals surface area contributed by atoms with Crippen molar-refractivity contribution in [2.75, 3.05) is 20.1 Å². The molecule has 0 atom stereocenters. The maximum absolute atomic E-state index is 5.52. The standard InChI is InChI=1S/C10H17N3O/c1-8-11-12-9(14-8)10(2)4-6-13(3)7-5-10/h4-7H2,1-3H3. The molecule has 4 heteroatoms. The zero-order chi connectivity index (χ0) is 10.2. The number of hydrogen-bond donors (Lipinski definition) is 0. The molecule has 4 nitrogen and oxygen atoms in total. The third-order valence-corrected chi connectivity index (χ3v) is 3.13. The van der Waals surface area contributed by atoms with Crippen LogP contribution >= 0.6 is 0 Å². The van der Waals surface area contributed by atoms with Gasteiger partial charge in [0.05, 0.1) is 0 Å². The Labute approximate surface area is 84.3 Å². The first-order chi connectivity index (χ1) is 6.60. The lowest BCUT2D eigenvalue weighted by atomic mass is 9.80. The van der Waals surface area contributed by atoms with Crippen LogP contribution in [0.1, 0.15) is 31.5 Å². The van der Waals surface area contributed by atoms with E-state index >= 15 is 0 Å². The van der Waals surface area contributed by atoms with E-state index in [2.05, 4.69) is 29.1 Å². The maximum atomic E-state index is 5.52. The number of piperidine rings is 1. The predicted octanol–water partition coefficient (Wildman–Crippen LogP) is 1.36. The lowest BCUT2D eigenvalue weighted by molar-refractivity contribution is 0.173. The Balaban J connectivity index is 2.16. The molecule has 0 amide bonds. The zero-order valence-electron chi connectivity index (χ0n) is 9.08. The average Bonchev–Trinajstić information content (AvgIpc) is 2.58. The second-order valence-corrected chi connectivity index (χ2v) is 4.49. The van der Waals surface area contributed by atoms with Crippen LogP contribution in [0.15, 0.2) is 4.42 Å². The van der Waals surface area contributed by atoms with E-state index in [1.165, 1.54) is 0 Å². The summed E-state index contributed by atoms with van der Waals surface area (Å²) in [5.74, 6) is 1.48. The largest absolute Gasteiger partial charge is 0.425 e. The highest BCUT2D eigenvalue weighted by Gasteiger charge is 2.35. The van der Waals surface area contributed by atoms with E-state index in [9.17, 15) is 0 Å². The van der Waals surface area contributed by atoms with E-state index in [0.717, 1.165) is 31.8 Å². The molecule has 1 aliphatic rings. The van der Waals surface area contributed by atoms with Crippen molar-refractivity contribution in [2.24, 2.45) is 0 Å². The molecule has 1 fully saturated rings. The van der Waals surface area contributed by atoms with Crippen LogP contribution in [0.25, 0.3) is 0 Å². The number of nitrogens with zero attached hydrogens (tertiary/aromatic N) is 3. The highest BCUT2D eigenvalue weighted by Crippen LogP contribution is 2.33. The van der Waals surface area contributed by atoms with Crippen LogP contribution in [0.3, 0.4) is 0 Å². The van der Waals surface area contributed by atoms with E-state index in [0.29, 0.717) is 5.89 Å². The molecule has 0 radical (unpaired) electrons. The second kappa shape index (κ2) is 3.35. The van der Waals surface area contributed by atoms with Crippen molar-refractivity contribution in [1.29, 1.82) is 0 Å². The molecule has 0 spiro atoms. The smallest absolute Gasteiger partial charge is 0.222 e. The summed E-state index contributed by atoms with van der Waals surface area (Å²) in [6.45, 7) is 6.28. The molecule has 0 bridgehead atoms. The van der Waals surface area contributed by atoms with E-state index in [-0.39, 0.29) is 5.41 Å². The summed E-state index contributed by atoms with van der Waals surface area (Å²) in [4.78, 5) is 2.34. The molecule has 0 saturated carbocycles. The van der Waals surface area contributed by atoms with Gasteiger partial charge in [0.2, 0.25) is 11.8 Å². The van der Waals surface area contributed by atoms with Gasteiger partial charge in [0.1, 0.15) is 0 Å². The van der Waals surface area contributed by atoms with Crippen LogP contribution in [-0.4, -0.2) is 35.2 Å². The van der Waals surface area contributed by atoms with E-state index < -0.39 is 0 Å². The van der Waals surface area contributed by atoms with Gasteiger partial charge in [-0.1, -0.05) is 6.92 Å². The molecule has 0 unspecified atom stereocenters. The summed E-state index contributed by atoms with van der Waals surface area (Å²) in [5, 5.41) is 8.03. The molecule has 0 aliphatic carbocycles. The van der Waals surface area contributed by atoms with Crippen molar-refractivity contribution < 1.29 is 4.42 Å². The molecule has 2 rings (SSSR count). The van der Waals surface area contributed by atoms with E-state index in [1.54, 1.807) is 0 Å². The van der Waals surface area contributed by atoms with E-state index in [1.807, 2.05) is 6.92 Å². The van der Waals surface area contributed by atoms with Gasteiger partial charge in [-0.15, -0.1) is 10.2 Å². The van der Waals surface area contributed by atoms with Crippen LogP contribution in [0.5, 0.6) is 0 Å². The molecule has 1 aromatic heterocycles. The second-order valence-electron chi connectivity index (χ2n) is 4.49. The lowest BCUT2D eigenvalue weighted by Crippen LogP contribution is -2.39. The van der Waals surface area contributed by atoms with Crippen molar-refractivity contribution >= 4 is 0 Å². The number of aryl methyl sites for hydroxylation is 1. The Morgan fingerprint density at radius 1 is 1.29 bits per heavy atom. The predicted molar refractivity (Wildman–Crippen MR) is 53.1 cm³/mol. The molecule has 0 aromatic carbocycles. The summed E-state index contributed by atoms with van der Waals surface area (Å²) in [5.41, 5.74) is 0.0910. The fourth-order valence-corrected chi connectivity index (χ4v) is 1.87. The average molecular weight is 195 g/mol.